The summed E-state index contributed by atoms with van der Waals surface area (Å²) in [6, 6.07) is 3.85. The Labute approximate surface area is 221 Å². The molecule has 2 atom stereocenters. The van der Waals surface area contributed by atoms with Crippen LogP contribution >= 0.6 is 0 Å². The first-order chi connectivity index (χ1) is 17.6. The van der Waals surface area contributed by atoms with Crippen LogP contribution in [0.4, 0.5) is 4.39 Å². The highest BCUT2D eigenvalue weighted by Crippen LogP contribution is 2.39. The third-order valence-corrected chi connectivity index (χ3v) is 9.98. The molecule has 2 nitrogen and oxygen atoms in total. The number of halogens is 1. The first kappa shape index (κ1) is 27.9. The second-order valence-corrected chi connectivity index (χ2v) is 12.6. The van der Waals surface area contributed by atoms with Gasteiger partial charge in [-0.2, -0.15) is 0 Å². The lowest BCUT2D eigenvalue weighted by molar-refractivity contribution is -0.0417. The number of hydrogen-bond donors (Lipinski definition) is 0. The van der Waals surface area contributed by atoms with Gasteiger partial charge in [-0.05, 0) is 105 Å². The summed E-state index contributed by atoms with van der Waals surface area (Å²) < 4.78 is 27.4. The quantitative estimate of drug-likeness (QED) is 0.301. The van der Waals surface area contributed by atoms with Gasteiger partial charge in [0.05, 0.1) is 19.3 Å². The highest BCUT2D eigenvalue weighted by atomic mass is 19.1. The monoisotopic (exact) mass is 500 g/mol. The zero-order valence-corrected chi connectivity index (χ0v) is 23.5. The third kappa shape index (κ3) is 7.95. The van der Waals surface area contributed by atoms with Crippen LogP contribution in [0.25, 0.3) is 0 Å². The van der Waals surface area contributed by atoms with E-state index in [0.717, 1.165) is 54.2 Å². The van der Waals surface area contributed by atoms with Crippen molar-refractivity contribution in [1.29, 1.82) is 0 Å². The zero-order valence-electron chi connectivity index (χ0n) is 23.5. The van der Waals surface area contributed by atoms with Gasteiger partial charge >= 0.3 is 0 Å². The Morgan fingerprint density at radius 3 is 2.17 bits per heavy atom. The average Bonchev–Trinajstić information content (AvgIpc) is 2.91. The summed E-state index contributed by atoms with van der Waals surface area (Å²) in [5.41, 5.74) is 2.02. The standard InChI is InChI=1S/C33H53FO2/c1-4-6-7-26-8-10-27(11-9-26)22-36-33-24(3)20-28(21-32(33)34)14-18-31-19-17-30(23-35-31)29-15-12-25(5-2)13-16-29/h20-21,25-27,29-31H,4-19,22-23H2,1-3H3. The Morgan fingerprint density at radius 2 is 1.53 bits per heavy atom. The lowest BCUT2D eigenvalue weighted by Gasteiger charge is -2.37. The van der Waals surface area contributed by atoms with E-state index < -0.39 is 0 Å². The van der Waals surface area contributed by atoms with E-state index in [9.17, 15) is 4.39 Å². The van der Waals surface area contributed by atoms with Crippen LogP contribution in [0.2, 0.25) is 0 Å². The predicted octanol–water partition coefficient (Wildman–Crippen LogP) is 9.45. The zero-order chi connectivity index (χ0) is 25.3. The fourth-order valence-corrected chi connectivity index (χ4v) is 7.33. The van der Waals surface area contributed by atoms with E-state index in [2.05, 4.69) is 19.9 Å². The molecular weight excluding hydrogens is 447 g/mol. The van der Waals surface area contributed by atoms with Crippen LogP contribution in [-0.4, -0.2) is 19.3 Å². The molecule has 2 saturated carbocycles. The van der Waals surface area contributed by atoms with E-state index in [0.29, 0.717) is 24.4 Å². The summed E-state index contributed by atoms with van der Waals surface area (Å²) >= 11 is 0. The molecule has 204 valence electrons. The number of hydrogen-bond acceptors (Lipinski definition) is 2. The first-order valence-electron chi connectivity index (χ1n) is 15.6. The molecule has 0 spiro atoms. The van der Waals surface area contributed by atoms with Gasteiger partial charge < -0.3 is 9.47 Å². The average molecular weight is 501 g/mol. The maximum Gasteiger partial charge on any atom is 0.165 e. The van der Waals surface area contributed by atoms with E-state index in [1.165, 1.54) is 89.9 Å². The second-order valence-electron chi connectivity index (χ2n) is 12.6. The van der Waals surface area contributed by atoms with Crippen LogP contribution in [0.5, 0.6) is 5.75 Å². The molecule has 0 bridgehead atoms. The van der Waals surface area contributed by atoms with Crippen LogP contribution in [0, 0.1) is 42.3 Å². The highest BCUT2D eigenvalue weighted by Gasteiger charge is 2.31. The number of rotatable bonds is 11. The van der Waals surface area contributed by atoms with E-state index >= 15 is 0 Å². The summed E-state index contributed by atoms with van der Waals surface area (Å²) in [6.07, 6.45) is 20.8. The Balaban J connectivity index is 1.17. The van der Waals surface area contributed by atoms with Gasteiger partial charge in [-0.15, -0.1) is 0 Å². The smallest absolute Gasteiger partial charge is 0.165 e. The van der Waals surface area contributed by atoms with Crippen molar-refractivity contribution in [3.63, 3.8) is 0 Å². The molecule has 1 aliphatic heterocycles. The van der Waals surface area contributed by atoms with Crippen molar-refractivity contribution >= 4 is 0 Å². The molecule has 0 amide bonds. The molecule has 1 saturated heterocycles. The molecular formula is C33H53FO2. The fourth-order valence-electron chi connectivity index (χ4n) is 7.33. The summed E-state index contributed by atoms with van der Waals surface area (Å²) in [4.78, 5) is 0. The van der Waals surface area contributed by atoms with Gasteiger partial charge in [0.2, 0.25) is 0 Å². The molecule has 3 fully saturated rings. The van der Waals surface area contributed by atoms with Gasteiger partial charge in [0.1, 0.15) is 0 Å². The normalized spacial score (nSPS) is 31.3. The Bertz CT molecular complexity index is 745. The van der Waals surface area contributed by atoms with E-state index in [1.54, 1.807) is 6.07 Å². The molecule has 0 aromatic heterocycles. The lowest BCUT2D eigenvalue weighted by atomic mass is 9.73. The predicted molar refractivity (Wildman–Crippen MR) is 148 cm³/mol. The van der Waals surface area contributed by atoms with Crippen LogP contribution in [0.1, 0.15) is 121 Å². The van der Waals surface area contributed by atoms with Crippen LogP contribution < -0.4 is 4.74 Å². The van der Waals surface area contributed by atoms with Gasteiger partial charge in [-0.3, -0.25) is 0 Å². The number of unbranched alkanes of at least 4 members (excludes halogenated alkanes) is 1. The Kier molecular flexibility index (Phi) is 11.0. The molecule has 0 radical (unpaired) electrons. The summed E-state index contributed by atoms with van der Waals surface area (Å²) in [6.45, 7) is 8.22. The van der Waals surface area contributed by atoms with Crippen molar-refractivity contribution in [3.8, 4) is 5.75 Å². The van der Waals surface area contributed by atoms with Crippen molar-refractivity contribution < 1.29 is 13.9 Å². The fraction of sp³-hybridized carbons (Fsp3) is 0.818. The summed E-state index contributed by atoms with van der Waals surface area (Å²) in [5.74, 6) is 4.38. The van der Waals surface area contributed by atoms with Crippen LogP contribution in [-0.2, 0) is 11.2 Å². The SMILES string of the molecule is CCCCC1CCC(COc2c(C)cc(CCC3CCC(C4CCC(CC)CC4)CO3)cc2F)CC1. The van der Waals surface area contributed by atoms with Crippen molar-refractivity contribution in [1.82, 2.24) is 0 Å². The molecule has 3 aliphatic rings. The largest absolute Gasteiger partial charge is 0.490 e. The van der Waals surface area contributed by atoms with Crippen molar-refractivity contribution in [2.75, 3.05) is 13.2 Å². The van der Waals surface area contributed by atoms with E-state index in [-0.39, 0.29) is 5.82 Å². The van der Waals surface area contributed by atoms with Gasteiger partial charge in [0.15, 0.2) is 11.6 Å². The third-order valence-electron chi connectivity index (χ3n) is 9.98. The van der Waals surface area contributed by atoms with Crippen LogP contribution in [0.3, 0.4) is 0 Å². The molecule has 2 unspecified atom stereocenters. The molecule has 1 heterocycles. The minimum Gasteiger partial charge on any atom is -0.490 e. The van der Waals surface area contributed by atoms with Gasteiger partial charge in [-0.1, -0.05) is 71.3 Å². The number of ether oxygens (including phenoxy) is 2. The molecule has 0 N–H and O–H groups in total. The summed E-state index contributed by atoms with van der Waals surface area (Å²) in [5, 5.41) is 0. The maximum atomic E-state index is 15.0. The Hall–Kier alpha value is -1.09. The minimum absolute atomic E-state index is 0.186. The topological polar surface area (TPSA) is 18.5 Å². The molecule has 4 rings (SSSR count). The number of benzene rings is 1. The highest BCUT2D eigenvalue weighted by molar-refractivity contribution is 5.38. The van der Waals surface area contributed by atoms with Gasteiger partial charge in [0, 0.05) is 0 Å². The van der Waals surface area contributed by atoms with Crippen molar-refractivity contribution in [2.45, 2.75) is 130 Å². The van der Waals surface area contributed by atoms with Crippen LogP contribution in [0.15, 0.2) is 12.1 Å². The maximum absolute atomic E-state index is 15.0. The molecule has 3 heteroatoms. The van der Waals surface area contributed by atoms with E-state index in [1.807, 2.05) is 6.92 Å². The minimum atomic E-state index is -0.186. The molecule has 1 aromatic carbocycles. The lowest BCUT2D eigenvalue weighted by Crippen LogP contribution is -2.32. The van der Waals surface area contributed by atoms with Crippen molar-refractivity contribution in [3.05, 3.63) is 29.1 Å². The molecule has 1 aromatic rings. The molecule has 2 aliphatic carbocycles. The van der Waals surface area contributed by atoms with Gasteiger partial charge in [0.25, 0.3) is 0 Å². The van der Waals surface area contributed by atoms with Gasteiger partial charge in [-0.25, -0.2) is 4.39 Å². The Morgan fingerprint density at radius 1 is 0.833 bits per heavy atom. The van der Waals surface area contributed by atoms with E-state index in [4.69, 9.17) is 9.47 Å². The summed E-state index contributed by atoms with van der Waals surface area (Å²) in [7, 11) is 0. The number of aryl methyl sites for hydroxylation is 2. The first-order valence-corrected chi connectivity index (χ1v) is 15.6. The van der Waals surface area contributed by atoms with Crippen molar-refractivity contribution in [2.24, 2.45) is 29.6 Å². The second kappa shape index (κ2) is 14.2. The molecule has 36 heavy (non-hydrogen) atoms.